The first kappa shape index (κ1) is 42.2. The lowest BCUT2D eigenvalue weighted by Gasteiger charge is -2.10. The van der Waals surface area contributed by atoms with Gasteiger partial charge in [-0.05, 0) is 97.1 Å². The van der Waals surface area contributed by atoms with Crippen LogP contribution in [0.2, 0.25) is 0 Å². The molecule has 0 aliphatic carbocycles. The average Bonchev–Trinajstić information content (AvgIpc) is 4.19. The number of benzene rings is 4. The Kier molecular flexibility index (Phi) is 10.6. The number of hydrogen-bond donors (Lipinski definition) is 2. The Balaban J connectivity index is 1.47. The second-order valence-corrected chi connectivity index (χ2v) is 14.3. The average molecular weight is 893 g/mol. The van der Waals surface area contributed by atoms with E-state index >= 15 is 17.6 Å². The molecule has 0 radical (unpaired) electrons. The first-order valence-corrected chi connectivity index (χ1v) is 19.0. The predicted octanol–water partition coefficient (Wildman–Crippen LogP) is 11.9. The number of nitriles is 2. The molecule has 9 rings (SSSR count). The molecule has 318 valence electrons. The van der Waals surface area contributed by atoms with E-state index in [0.29, 0.717) is 22.3 Å². The van der Waals surface area contributed by atoms with Crippen molar-refractivity contribution in [3.05, 3.63) is 187 Å². The minimum atomic E-state index is -2.41. The third-order valence-electron chi connectivity index (χ3n) is 10.4. The van der Waals surface area contributed by atoms with E-state index in [9.17, 15) is 36.9 Å². The molecule has 66 heavy (non-hydrogen) atoms. The van der Waals surface area contributed by atoms with Crippen molar-refractivity contribution in [3.63, 3.8) is 0 Å². The van der Waals surface area contributed by atoms with E-state index < -0.39 is 80.4 Å². The molecule has 7 aromatic rings. The van der Waals surface area contributed by atoms with Crippen LogP contribution in [-0.4, -0.2) is 19.9 Å². The van der Waals surface area contributed by atoms with E-state index in [-0.39, 0.29) is 56.0 Å². The molecule has 0 saturated heterocycles. The highest BCUT2D eigenvalue weighted by Gasteiger charge is 2.31. The van der Waals surface area contributed by atoms with Gasteiger partial charge < -0.3 is 9.97 Å². The molecule has 3 aromatic heterocycles. The van der Waals surface area contributed by atoms with Gasteiger partial charge in [-0.1, -0.05) is 23.7 Å². The lowest BCUT2D eigenvalue weighted by molar-refractivity contribution is 0.381. The summed E-state index contributed by atoms with van der Waals surface area (Å²) in [6, 6.07) is 21.1. The molecular weight excluding hydrogens is 875 g/mol. The Morgan fingerprint density at radius 3 is 0.985 bits per heavy atom. The monoisotopic (exact) mass is 892 g/mol. The van der Waals surface area contributed by atoms with E-state index in [2.05, 4.69) is 43.6 Å². The standard InChI is InChI=1S/C50H18F10N6/c51-41-39(42(52)46(56)49(59)45(41)55)37-33-17-13-29(63-33)27(11-9-23-1-5-25(21-61)6-2-23)30-14-18-34(64-30)38(40-43(53)47(57)50(60)48(58)44(40)54)36-20-16-32(66-36)28(31-15-19-35(37)65-31)12-10-24-3-7-26(22-62)8-4-24/h1-8,13-20,63-64H. The van der Waals surface area contributed by atoms with E-state index in [4.69, 9.17) is 0 Å². The molecule has 0 atom stereocenters. The number of nitrogens with one attached hydrogen (secondary N) is 2. The van der Waals surface area contributed by atoms with E-state index in [1.807, 2.05) is 12.1 Å². The fourth-order valence-electron chi connectivity index (χ4n) is 7.17. The summed E-state index contributed by atoms with van der Waals surface area (Å²) in [5, 5.41) is 18.5. The number of fused-ring (bicyclic) bond motifs is 8. The van der Waals surface area contributed by atoms with Gasteiger partial charge in [0.1, 0.15) is 0 Å². The largest absolute Gasteiger partial charge is 0.354 e. The van der Waals surface area contributed by atoms with Gasteiger partial charge in [0.15, 0.2) is 46.5 Å². The van der Waals surface area contributed by atoms with Crippen LogP contribution in [0.3, 0.4) is 0 Å². The number of aromatic nitrogens is 4. The van der Waals surface area contributed by atoms with Gasteiger partial charge in [0.05, 0.1) is 79.3 Å². The molecule has 5 heterocycles. The fourth-order valence-corrected chi connectivity index (χ4v) is 7.17. The van der Waals surface area contributed by atoms with Crippen molar-refractivity contribution in [2.24, 2.45) is 0 Å². The topological polar surface area (TPSA) is 105 Å². The van der Waals surface area contributed by atoms with Crippen LogP contribution in [0.4, 0.5) is 43.9 Å². The first-order valence-electron chi connectivity index (χ1n) is 19.0. The summed E-state index contributed by atoms with van der Waals surface area (Å²) in [7, 11) is 0. The number of H-pyrrole nitrogens is 2. The number of hydrogen-bond acceptors (Lipinski definition) is 4. The SMILES string of the molecule is N#Cc1ccc(C#Cc2c3nc(c(-c4c(F)c(F)c(F)c(F)c4F)c4ccc([nH]4)c(C#Cc4ccc(C#N)cc4)c4ccc([nH]4)c(-c4c(F)c(F)c(F)c(F)c4F)c4nc2C=C4)C=C3)cc1. The molecule has 8 bridgehead atoms. The number of halogens is 10. The molecule has 4 aromatic carbocycles. The van der Waals surface area contributed by atoms with Crippen LogP contribution >= 0.6 is 0 Å². The first-order chi connectivity index (χ1) is 31.8. The van der Waals surface area contributed by atoms with E-state index in [1.54, 1.807) is 0 Å². The zero-order valence-corrected chi connectivity index (χ0v) is 32.8. The number of nitrogens with zero attached hydrogens (tertiary/aromatic N) is 4. The highest BCUT2D eigenvalue weighted by molar-refractivity contribution is 5.96. The van der Waals surface area contributed by atoms with Crippen LogP contribution in [0.15, 0.2) is 72.8 Å². The molecular formula is C50H18F10N6. The van der Waals surface area contributed by atoms with Crippen LogP contribution < -0.4 is 0 Å². The quantitative estimate of drug-likeness (QED) is 0.0780. The smallest absolute Gasteiger partial charge is 0.200 e. The van der Waals surface area contributed by atoms with Crippen LogP contribution in [0, 0.1) is 105 Å². The molecule has 2 aliphatic heterocycles. The van der Waals surface area contributed by atoms with Gasteiger partial charge in [-0.15, -0.1) is 0 Å². The van der Waals surface area contributed by atoms with Crippen molar-refractivity contribution in [3.8, 4) is 58.1 Å². The Hall–Kier alpha value is -9.12. The lowest BCUT2D eigenvalue weighted by Crippen LogP contribution is -2.05. The number of aromatic amines is 2. The molecule has 0 amide bonds. The summed E-state index contributed by atoms with van der Waals surface area (Å²) in [6.45, 7) is 0. The molecule has 6 nitrogen and oxygen atoms in total. The van der Waals surface area contributed by atoms with Gasteiger partial charge >= 0.3 is 0 Å². The van der Waals surface area contributed by atoms with E-state index in [1.165, 1.54) is 97.1 Å². The van der Waals surface area contributed by atoms with Gasteiger partial charge in [-0.3, -0.25) is 0 Å². The molecule has 0 spiro atoms. The van der Waals surface area contributed by atoms with Crippen molar-refractivity contribution in [2.75, 3.05) is 0 Å². The van der Waals surface area contributed by atoms with E-state index in [0.717, 1.165) is 0 Å². The second kappa shape index (κ2) is 16.5. The summed E-state index contributed by atoms with van der Waals surface area (Å²) in [6.07, 6.45) is 4.97. The molecule has 16 heteroatoms. The predicted molar refractivity (Wildman–Crippen MR) is 224 cm³/mol. The van der Waals surface area contributed by atoms with Crippen LogP contribution in [-0.2, 0) is 0 Å². The van der Waals surface area contributed by atoms with Crippen LogP contribution in [0.5, 0.6) is 0 Å². The molecule has 0 fully saturated rings. The normalized spacial score (nSPS) is 11.4. The third-order valence-corrected chi connectivity index (χ3v) is 10.4. The second-order valence-electron chi connectivity index (χ2n) is 14.3. The molecule has 0 saturated carbocycles. The summed E-state index contributed by atoms with van der Waals surface area (Å²) in [5.74, 6) is -11.0. The molecule has 2 aliphatic rings. The zero-order valence-electron chi connectivity index (χ0n) is 32.8. The van der Waals surface area contributed by atoms with Gasteiger partial charge in [-0.25, -0.2) is 53.9 Å². The summed E-state index contributed by atoms with van der Waals surface area (Å²) in [5.41, 5.74) is -4.04. The van der Waals surface area contributed by atoms with Crippen molar-refractivity contribution >= 4 is 46.4 Å². The maximum atomic E-state index is 15.9. The van der Waals surface area contributed by atoms with Gasteiger partial charge in [0.2, 0.25) is 11.6 Å². The fraction of sp³-hybridized carbons (Fsp3) is 0. The Labute approximate surface area is 365 Å². The van der Waals surface area contributed by atoms with Gasteiger partial charge in [0.25, 0.3) is 0 Å². The summed E-state index contributed by atoms with van der Waals surface area (Å²) >= 11 is 0. The Bertz CT molecular complexity index is 3510. The zero-order chi connectivity index (χ0) is 46.6. The minimum Gasteiger partial charge on any atom is -0.354 e. The Morgan fingerprint density at radius 1 is 0.318 bits per heavy atom. The summed E-state index contributed by atoms with van der Waals surface area (Å²) < 4.78 is 152. The highest BCUT2D eigenvalue weighted by atomic mass is 19.2. The van der Waals surface area contributed by atoms with Gasteiger partial charge in [-0.2, -0.15) is 10.5 Å². The van der Waals surface area contributed by atoms with Crippen molar-refractivity contribution in [1.29, 1.82) is 10.5 Å². The highest BCUT2D eigenvalue weighted by Crippen LogP contribution is 2.40. The Morgan fingerprint density at radius 2 is 0.621 bits per heavy atom. The van der Waals surface area contributed by atoms with Crippen LogP contribution in [0.1, 0.15) is 56.2 Å². The van der Waals surface area contributed by atoms with Crippen molar-refractivity contribution in [1.82, 2.24) is 19.9 Å². The lowest BCUT2D eigenvalue weighted by atomic mass is 10.0. The minimum absolute atomic E-state index is 0.00141. The number of rotatable bonds is 2. The molecule has 2 N–H and O–H groups in total. The van der Waals surface area contributed by atoms with Crippen molar-refractivity contribution < 1.29 is 43.9 Å². The molecule has 0 unspecified atom stereocenters. The van der Waals surface area contributed by atoms with Gasteiger partial charge in [0, 0.05) is 33.3 Å². The third kappa shape index (κ3) is 7.19. The van der Waals surface area contributed by atoms with Crippen LogP contribution in [0.25, 0.3) is 68.6 Å². The van der Waals surface area contributed by atoms with Crippen molar-refractivity contribution in [2.45, 2.75) is 0 Å². The summed E-state index contributed by atoms with van der Waals surface area (Å²) in [4.78, 5) is 14.9. The maximum Gasteiger partial charge on any atom is 0.200 e. The maximum absolute atomic E-state index is 15.9.